The van der Waals surface area contributed by atoms with E-state index in [-0.39, 0.29) is 11.2 Å². The summed E-state index contributed by atoms with van der Waals surface area (Å²) in [5.41, 5.74) is 0.952. The van der Waals surface area contributed by atoms with Gasteiger partial charge < -0.3 is 9.64 Å². The Balaban J connectivity index is 1.78. The highest BCUT2D eigenvalue weighted by molar-refractivity contribution is 8.00. The maximum atomic E-state index is 13.2. The van der Waals surface area contributed by atoms with Crippen molar-refractivity contribution in [3.8, 4) is 17.1 Å². The molecule has 2 aromatic rings. The second kappa shape index (κ2) is 10.7. The van der Waals surface area contributed by atoms with Gasteiger partial charge in [0, 0.05) is 24.7 Å². The molecule has 1 atom stereocenters. The molecule has 0 saturated heterocycles. The average Bonchev–Trinajstić information content (AvgIpc) is 3.17. The quantitative estimate of drug-likeness (QED) is 0.424. The van der Waals surface area contributed by atoms with Crippen LogP contribution in [0.1, 0.15) is 46.0 Å². The number of hydrogen-bond acceptors (Lipinski definition) is 5. The standard InChI is InChI=1S/C23H32N4O2S/c1-5-16-27-21(18-12-14-20(29-4)15-13-18)24-25-23(27)30-17(3)22(28)26(6-2)19-10-8-7-9-11-19/h5,12-15,17,19H,1,6-11,16H2,2-4H3/t17-/m1/s1. The molecule has 1 aliphatic rings. The second-order valence-corrected chi connectivity index (χ2v) is 8.92. The number of carbonyl (C=O) groups is 1. The van der Waals surface area contributed by atoms with Gasteiger partial charge in [0.05, 0.1) is 12.4 Å². The number of nitrogens with zero attached hydrogens (tertiary/aromatic N) is 4. The molecule has 1 heterocycles. The van der Waals surface area contributed by atoms with Crippen molar-refractivity contribution in [3.05, 3.63) is 36.9 Å². The Bertz CT molecular complexity index is 843. The van der Waals surface area contributed by atoms with Crippen LogP contribution < -0.4 is 4.74 Å². The lowest BCUT2D eigenvalue weighted by atomic mass is 9.94. The van der Waals surface area contributed by atoms with Crippen LogP contribution in [0.2, 0.25) is 0 Å². The molecule has 1 fully saturated rings. The highest BCUT2D eigenvalue weighted by Gasteiger charge is 2.29. The van der Waals surface area contributed by atoms with E-state index >= 15 is 0 Å². The first-order valence-electron chi connectivity index (χ1n) is 10.7. The summed E-state index contributed by atoms with van der Waals surface area (Å²) in [6.07, 6.45) is 7.78. The van der Waals surface area contributed by atoms with Crippen molar-refractivity contribution < 1.29 is 9.53 Å². The zero-order valence-corrected chi connectivity index (χ0v) is 19.0. The number of amides is 1. The SMILES string of the molecule is C=CCn1c(S[C@H](C)C(=O)N(CC)C2CCCCC2)nnc1-c1ccc(OC)cc1. The number of thioether (sulfide) groups is 1. The largest absolute Gasteiger partial charge is 0.497 e. The summed E-state index contributed by atoms with van der Waals surface area (Å²) in [7, 11) is 1.65. The molecule has 0 unspecified atom stereocenters. The van der Waals surface area contributed by atoms with Crippen molar-refractivity contribution in [1.29, 1.82) is 0 Å². The fourth-order valence-electron chi connectivity index (χ4n) is 4.05. The summed E-state index contributed by atoms with van der Waals surface area (Å²) >= 11 is 1.47. The monoisotopic (exact) mass is 428 g/mol. The van der Waals surface area contributed by atoms with E-state index in [0.29, 0.717) is 12.6 Å². The third-order valence-electron chi connectivity index (χ3n) is 5.65. The van der Waals surface area contributed by atoms with Crippen LogP contribution in [0.15, 0.2) is 42.1 Å². The predicted molar refractivity (Wildman–Crippen MR) is 122 cm³/mol. The van der Waals surface area contributed by atoms with Crippen molar-refractivity contribution in [3.63, 3.8) is 0 Å². The molecule has 0 bridgehead atoms. The fourth-order valence-corrected chi connectivity index (χ4v) is 4.98. The highest BCUT2D eigenvalue weighted by Crippen LogP contribution is 2.30. The van der Waals surface area contributed by atoms with Crippen LogP contribution in [0, 0.1) is 0 Å². The minimum absolute atomic E-state index is 0.188. The van der Waals surface area contributed by atoms with Crippen LogP contribution in [0.25, 0.3) is 11.4 Å². The molecular formula is C23H32N4O2S. The average molecular weight is 429 g/mol. The van der Waals surface area contributed by atoms with Crippen molar-refractivity contribution in [1.82, 2.24) is 19.7 Å². The molecule has 0 spiro atoms. The summed E-state index contributed by atoms with van der Waals surface area (Å²) < 4.78 is 7.26. The summed E-state index contributed by atoms with van der Waals surface area (Å²) in [5.74, 6) is 1.75. The van der Waals surface area contributed by atoms with Gasteiger partial charge in [0.15, 0.2) is 11.0 Å². The van der Waals surface area contributed by atoms with Crippen LogP contribution >= 0.6 is 11.8 Å². The van der Waals surface area contributed by atoms with Crippen molar-refractivity contribution >= 4 is 17.7 Å². The first-order valence-corrected chi connectivity index (χ1v) is 11.6. The number of benzene rings is 1. The number of hydrogen-bond donors (Lipinski definition) is 0. The maximum Gasteiger partial charge on any atom is 0.236 e. The Morgan fingerprint density at radius 2 is 2.00 bits per heavy atom. The molecular weight excluding hydrogens is 396 g/mol. The molecule has 1 aromatic heterocycles. The van der Waals surface area contributed by atoms with E-state index in [2.05, 4.69) is 28.6 Å². The van der Waals surface area contributed by atoms with E-state index in [1.165, 1.54) is 31.0 Å². The number of ether oxygens (including phenoxy) is 1. The Hall–Kier alpha value is -2.28. The zero-order valence-electron chi connectivity index (χ0n) is 18.2. The molecule has 30 heavy (non-hydrogen) atoms. The van der Waals surface area contributed by atoms with Crippen molar-refractivity contribution in [2.45, 2.75) is 68.9 Å². The minimum Gasteiger partial charge on any atom is -0.497 e. The van der Waals surface area contributed by atoms with Crippen LogP contribution in [0.3, 0.4) is 0 Å². The molecule has 1 aromatic carbocycles. The normalized spacial score (nSPS) is 15.6. The second-order valence-electron chi connectivity index (χ2n) is 7.61. The van der Waals surface area contributed by atoms with Crippen LogP contribution in [-0.2, 0) is 11.3 Å². The minimum atomic E-state index is -0.219. The van der Waals surface area contributed by atoms with E-state index in [0.717, 1.165) is 41.7 Å². The number of carbonyl (C=O) groups excluding carboxylic acids is 1. The number of rotatable bonds is 9. The number of methoxy groups -OCH3 is 1. The van der Waals surface area contributed by atoms with E-state index in [9.17, 15) is 4.79 Å². The Morgan fingerprint density at radius 3 is 2.60 bits per heavy atom. The van der Waals surface area contributed by atoms with Gasteiger partial charge in [-0.2, -0.15) is 0 Å². The van der Waals surface area contributed by atoms with Gasteiger partial charge in [-0.15, -0.1) is 16.8 Å². The molecule has 0 N–H and O–H groups in total. The fraction of sp³-hybridized carbons (Fsp3) is 0.522. The summed E-state index contributed by atoms with van der Waals surface area (Å²) in [5, 5.41) is 9.32. The van der Waals surface area contributed by atoms with E-state index < -0.39 is 0 Å². The topological polar surface area (TPSA) is 60.2 Å². The first kappa shape index (κ1) is 22.4. The zero-order chi connectivity index (χ0) is 21.5. The lowest BCUT2D eigenvalue weighted by Crippen LogP contribution is -2.44. The molecule has 6 nitrogen and oxygen atoms in total. The Morgan fingerprint density at radius 1 is 1.30 bits per heavy atom. The van der Waals surface area contributed by atoms with Crippen molar-refractivity contribution in [2.24, 2.45) is 0 Å². The lowest BCUT2D eigenvalue weighted by molar-refractivity contribution is -0.133. The molecule has 1 aliphatic carbocycles. The summed E-state index contributed by atoms with van der Waals surface area (Å²) in [6, 6.07) is 8.12. The first-order chi connectivity index (χ1) is 14.6. The Kier molecular flexibility index (Phi) is 7.96. The Labute approximate surface area is 183 Å². The molecule has 7 heteroatoms. The van der Waals surface area contributed by atoms with Gasteiger partial charge in [-0.05, 0) is 51.0 Å². The van der Waals surface area contributed by atoms with Crippen LogP contribution in [0.5, 0.6) is 5.75 Å². The van der Waals surface area contributed by atoms with E-state index in [1.807, 2.05) is 41.8 Å². The van der Waals surface area contributed by atoms with E-state index in [4.69, 9.17) is 4.74 Å². The van der Waals surface area contributed by atoms with E-state index in [1.54, 1.807) is 7.11 Å². The van der Waals surface area contributed by atoms with Gasteiger partial charge in [0.2, 0.25) is 5.91 Å². The molecule has 3 rings (SSSR count). The summed E-state index contributed by atoms with van der Waals surface area (Å²) in [6.45, 7) is 9.26. The van der Waals surface area contributed by atoms with Gasteiger partial charge in [-0.25, -0.2) is 0 Å². The third kappa shape index (κ3) is 5.06. The molecule has 1 saturated carbocycles. The molecule has 162 valence electrons. The molecule has 0 radical (unpaired) electrons. The smallest absolute Gasteiger partial charge is 0.236 e. The maximum absolute atomic E-state index is 13.2. The highest BCUT2D eigenvalue weighted by atomic mass is 32.2. The number of aromatic nitrogens is 3. The van der Waals surface area contributed by atoms with Gasteiger partial charge in [0.1, 0.15) is 5.75 Å². The van der Waals surface area contributed by atoms with Crippen LogP contribution in [0.4, 0.5) is 0 Å². The van der Waals surface area contributed by atoms with Gasteiger partial charge in [0.25, 0.3) is 0 Å². The molecule has 0 aliphatic heterocycles. The van der Waals surface area contributed by atoms with Crippen molar-refractivity contribution in [2.75, 3.05) is 13.7 Å². The molecule has 1 amide bonds. The summed E-state index contributed by atoms with van der Waals surface area (Å²) in [4.78, 5) is 15.3. The van der Waals surface area contributed by atoms with Crippen LogP contribution in [-0.4, -0.2) is 50.5 Å². The lowest BCUT2D eigenvalue weighted by Gasteiger charge is -2.35. The predicted octanol–water partition coefficient (Wildman–Crippen LogP) is 4.80. The van der Waals surface area contributed by atoms with Gasteiger partial charge in [-0.1, -0.05) is 37.1 Å². The number of allylic oxidation sites excluding steroid dienone is 1. The van der Waals surface area contributed by atoms with Gasteiger partial charge >= 0.3 is 0 Å². The third-order valence-corrected chi connectivity index (χ3v) is 6.71. The van der Waals surface area contributed by atoms with Gasteiger partial charge in [-0.3, -0.25) is 9.36 Å².